The number of benzene rings is 1. The summed E-state index contributed by atoms with van der Waals surface area (Å²) >= 11 is 5.32. The van der Waals surface area contributed by atoms with Gasteiger partial charge in [-0.15, -0.1) is 0 Å². The molecule has 0 spiro atoms. The van der Waals surface area contributed by atoms with Gasteiger partial charge < -0.3 is 0 Å². The Bertz CT molecular complexity index is 819. The number of nitro groups is 1. The van der Waals surface area contributed by atoms with Crippen LogP contribution in [0.4, 0.5) is 23.2 Å². The van der Waals surface area contributed by atoms with Gasteiger partial charge >= 0.3 is 6.18 Å². The van der Waals surface area contributed by atoms with E-state index in [0.717, 1.165) is 12.1 Å². The molecule has 0 N–H and O–H groups in total. The molecule has 0 radical (unpaired) electrons. The van der Waals surface area contributed by atoms with Crippen molar-refractivity contribution >= 4 is 17.3 Å². The number of halogens is 5. The number of alkyl halides is 3. The van der Waals surface area contributed by atoms with E-state index in [1.54, 1.807) is 0 Å². The molecule has 0 aliphatic rings. The summed E-state index contributed by atoms with van der Waals surface area (Å²) in [5.41, 5.74) is -4.05. The fourth-order valence-electron chi connectivity index (χ4n) is 1.61. The largest absolute Gasteiger partial charge is 0.435 e. The molecule has 0 atom stereocenters. The first-order valence-electron chi connectivity index (χ1n) is 5.41. The molecule has 0 aliphatic heterocycles. The van der Waals surface area contributed by atoms with Gasteiger partial charge in [0, 0.05) is 6.07 Å². The summed E-state index contributed by atoms with van der Waals surface area (Å²) in [7, 11) is 0. The van der Waals surface area contributed by atoms with Crippen LogP contribution in [0.1, 0.15) is 5.69 Å². The van der Waals surface area contributed by atoms with E-state index in [2.05, 4.69) is 4.98 Å². The summed E-state index contributed by atoms with van der Waals surface area (Å²) in [6, 6.07) is 2.27. The second-order valence-corrected chi connectivity index (χ2v) is 4.35. The third-order valence-electron chi connectivity index (χ3n) is 2.59. The predicted octanol–water partition coefficient (Wildman–Crippen LogP) is 2.95. The van der Waals surface area contributed by atoms with Crippen molar-refractivity contribution in [2.45, 2.75) is 6.18 Å². The Balaban J connectivity index is 2.63. The van der Waals surface area contributed by atoms with E-state index < -0.39 is 44.6 Å². The maximum absolute atomic E-state index is 13.8. The van der Waals surface area contributed by atoms with E-state index in [1.165, 1.54) is 0 Å². The molecule has 1 aromatic heterocycles. The molecular weight excluding hydrogens is 334 g/mol. The molecule has 0 amide bonds. The standard InChI is InChI=1S/C11H4ClF4N3O3/c12-8-9(11(14,15)16)17-4-18(10(8)20)7-2-1-5(19(21)22)3-6(7)13/h1-4H. The molecule has 0 bridgehead atoms. The predicted molar refractivity (Wildman–Crippen MR) is 66.5 cm³/mol. The van der Waals surface area contributed by atoms with Gasteiger partial charge in [-0.05, 0) is 6.07 Å². The van der Waals surface area contributed by atoms with Gasteiger partial charge in [0.05, 0.1) is 16.7 Å². The van der Waals surface area contributed by atoms with Crippen LogP contribution in [0.15, 0.2) is 29.3 Å². The van der Waals surface area contributed by atoms with Crippen LogP contribution in [-0.2, 0) is 6.18 Å². The summed E-state index contributed by atoms with van der Waals surface area (Å²) < 4.78 is 51.8. The van der Waals surface area contributed by atoms with Gasteiger partial charge in [-0.25, -0.2) is 9.37 Å². The lowest BCUT2D eigenvalue weighted by Crippen LogP contribution is -2.25. The Kier molecular flexibility index (Phi) is 3.88. The minimum absolute atomic E-state index is 0.427. The molecule has 2 aromatic rings. The normalized spacial score (nSPS) is 11.5. The Morgan fingerprint density at radius 2 is 1.95 bits per heavy atom. The second kappa shape index (κ2) is 5.37. The fraction of sp³-hybridized carbons (Fsp3) is 0.0909. The van der Waals surface area contributed by atoms with E-state index in [-0.39, 0.29) is 0 Å². The number of aromatic nitrogens is 2. The Hall–Kier alpha value is -2.49. The average molecular weight is 338 g/mol. The molecule has 22 heavy (non-hydrogen) atoms. The Morgan fingerprint density at radius 1 is 1.32 bits per heavy atom. The quantitative estimate of drug-likeness (QED) is 0.479. The van der Waals surface area contributed by atoms with Crippen LogP contribution in [-0.4, -0.2) is 14.5 Å². The van der Waals surface area contributed by atoms with Crippen molar-refractivity contribution < 1.29 is 22.5 Å². The van der Waals surface area contributed by atoms with Gasteiger partial charge in [-0.2, -0.15) is 13.2 Å². The van der Waals surface area contributed by atoms with Crippen molar-refractivity contribution in [1.29, 1.82) is 0 Å². The van der Waals surface area contributed by atoms with Crippen LogP contribution in [0, 0.1) is 15.9 Å². The van der Waals surface area contributed by atoms with Gasteiger partial charge in [-0.3, -0.25) is 19.5 Å². The summed E-state index contributed by atoms with van der Waals surface area (Å²) in [6.07, 6.45) is -4.50. The molecule has 1 heterocycles. The average Bonchev–Trinajstić information content (AvgIpc) is 2.40. The topological polar surface area (TPSA) is 78.0 Å². The lowest BCUT2D eigenvalue weighted by atomic mass is 10.2. The van der Waals surface area contributed by atoms with E-state index in [9.17, 15) is 32.5 Å². The highest BCUT2D eigenvalue weighted by atomic mass is 35.5. The van der Waals surface area contributed by atoms with Crippen LogP contribution >= 0.6 is 11.6 Å². The summed E-state index contributed by atoms with van der Waals surface area (Å²) in [5, 5.41) is 9.26. The van der Waals surface area contributed by atoms with Crippen LogP contribution in [0.2, 0.25) is 5.02 Å². The highest BCUT2D eigenvalue weighted by molar-refractivity contribution is 6.31. The van der Waals surface area contributed by atoms with Crippen LogP contribution in [0.3, 0.4) is 0 Å². The molecule has 2 rings (SSSR count). The summed E-state index contributed by atoms with van der Waals surface area (Å²) in [5.74, 6) is -1.19. The Labute approximate surface area is 123 Å². The number of nitro benzene ring substituents is 1. The molecule has 1 aromatic carbocycles. The molecule has 116 valence electrons. The SMILES string of the molecule is O=c1c(Cl)c(C(F)(F)F)ncn1-c1ccc([N+](=O)[O-])cc1F. The van der Waals surface area contributed by atoms with Crippen LogP contribution in [0.25, 0.3) is 5.69 Å². The van der Waals surface area contributed by atoms with Crippen molar-refractivity contribution in [2.75, 3.05) is 0 Å². The van der Waals surface area contributed by atoms with E-state index in [1.807, 2.05) is 0 Å². The summed E-state index contributed by atoms with van der Waals surface area (Å²) in [6.45, 7) is 0. The van der Waals surface area contributed by atoms with Gasteiger partial charge in [0.25, 0.3) is 11.2 Å². The maximum Gasteiger partial charge on any atom is 0.435 e. The highest BCUT2D eigenvalue weighted by Gasteiger charge is 2.37. The zero-order valence-corrected chi connectivity index (χ0v) is 11.0. The molecule has 0 unspecified atom stereocenters. The number of nitrogens with zero attached hydrogens (tertiary/aromatic N) is 3. The minimum atomic E-state index is -4.94. The minimum Gasteiger partial charge on any atom is -0.267 e. The fourth-order valence-corrected chi connectivity index (χ4v) is 1.85. The number of hydrogen-bond acceptors (Lipinski definition) is 4. The Morgan fingerprint density at radius 3 is 2.45 bits per heavy atom. The lowest BCUT2D eigenvalue weighted by Gasteiger charge is -2.11. The molecule has 0 fully saturated rings. The van der Waals surface area contributed by atoms with E-state index in [0.29, 0.717) is 17.0 Å². The molecule has 0 saturated heterocycles. The third kappa shape index (κ3) is 2.77. The number of non-ortho nitro benzene ring substituents is 1. The van der Waals surface area contributed by atoms with Crippen molar-refractivity contribution in [3.05, 3.63) is 61.5 Å². The third-order valence-corrected chi connectivity index (χ3v) is 2.93. The molecule has 0 saturated carbocycles. The van der Waals surface area contributed by atoms with E-state index >= 15 is 0 Å². The second-order valence-electron chi connectivity index (χ2n) is 3.97. The first kappa shape index (κ1) is 15.9. The van der Waals surface area contributed by atoms with Crippen LogP contribution in [0.5, 0.6) is 0 Å². The number of hydrogen-bond donors (Lipinski definition) is 0. The molecule has 6 nitrogen and oxygen atoms in total. The first-order valence-corrected chi connectivity index (χ1v) is 5.79. The van der Waals surface area contributed by atoms with E-state index in [4.69, 9.17) is 11.6 Å². The van der Waals surface area contributed by atoms with Crippen molar-refractivity contribution in [1.82, 2.24) is 9.55 Å². The van der Waals surface area contributed by atoms with Gasteiger partial charge in [0.2, 0.25) is 0 Å². The number of rotatable bonds is 2. The monoisotopic (exact) mass is 337 g/mol. The lowest BCUT2D eigenvalue weighted by molar-refractivity contribution is -0.385. The molecule has 11 heteroatoms. The van der Waals surface area contributed by atoms with Gasteiger partial charge in [-0.1, -0.05) is 11.6 Å². The smallest absolute Gasteiger partial charge is 0.267 e. The zero-order chi connectivity index (χ0) is 16.7. The van der Waals surface area contributed by atoms with Gasteiger partial charge in [0.15, 0.2) is 11.5 Å². The molecular formula is C11H4ClF4N3O3. The zero-order valence-electron chi connectivity index (χ0n) is 10.3. The van der Waals surface area contributed by atoms with Crippen molar-refractivity contribution in [2.24, 2.45) is 0 Å². The molecule has 0 aliphatic carbocycles. The highest BCUT2D eigenvalue weighted by Crippen LogP contribution is 2.31. The van der Waals surface area contributed by atoms with Crippen LogP contribution < -0.4 is 5.56 Å². The summed E-state index contributed by atoms with van der Waals surface area (Å²) in [4.78, 5) is 24.4. The first-order chi connectivity index (χ1) is 10.1. The van der Waals surface area contributed by atoms with Crippen molar-refractivity contribution in [3.63, 3.8) is 0 Å². The van der Waals surface area contributed by atoms with Gasteiger partial charge in [0.1, 0.15) is 11.3 Å². The van der Waals surface area contributed by atoms with Crippen molar-refractivity contribution in [3.8, 4) is 5.69 Å². The maximum atomic E-state index is 13.8.